The maximum atomic E-state index is 14.8. The van der Waals surface area contributed by atoms with Gasteiger partial charge in [-0.05, 0) is 85.3 Å². The van der Waals surface area contributed by atoms with Crippen LogP contribution in [-0.2, 0) is 0 Å². The number of halogens is 6. The summed E-state index contributed by atoms with van der Waals surface area (Å²) in [5, 5.41) is -0.775. The van der Waals surface area contributed by atoms with Crippen LogP contribution in [0.25, 0.3) is 10.8 Å². The van der Waals surface area contributed by atoms with Crippen molar-refractivity contribution in [1.29, 1.82) is 0 Å². The third-order valence-corrected chi connectivity index (χ3v) is 7.78. The van der Waals surface area contributed by atoms with Gasteiger partial charge in [-0.25, -0.2) is 13.2 Å². The van der Waals surface area contributed by atoms with Crippen LogP contribution in [0, 0.1) is 35.2 Å². The number of alkyl halides is 3. The van der Waals surface area contributed by atoms with Crippen LogP contribution >= 0.6 is 0 Å². The predicted molar refractivity (Wildman–Crippen MR) is 116 cm³/mol. The molecule has 0 atom stereocenters. The topological polar surface area (TPSA) is 9.23 Å². The first kappa shape index (κ1) is 24.2. The molecule has 2 saturated carbocycles. The van der Waals surface area contributed by atoms with E-state index in [9.17, 15) is 26.3 Å². The van der Waals surface area contributed by atoms with Gasteiger partial charge < -0.3 is 4.74 Å². The van der Waals surface area contributed by atoms with Crippen molar-refractivity contribution in [3.05, 3.63) is 41.2 Å². The molecule has 0 aliphatic heterocycles. The lowest BCUT2D eigenvalue weighted by Gasteiger charge is -2.38. The highest BCUT2D eigenvalue weighted by Crippen LogP contribution is 2.45. The van der Waals surface area contributed by atoms with Gasteiger partial charge in [0.25, 0.3) is 0 Å². The number of benzene rings is 2. The highest BCUT2D eigenvalue weighted by atomic mass is 19.4. The van der Waals surface area contributed by atoms with Crippen LogP contribution in [0.15, 0.2) is 18.2 Å². The fraction of sp³-hybridized carbons (Fsp3) is 0.615. The Morgan fingerprint density at radius 3 is 2.00 bits per heavy atom. The van der Waals surface area contributed by atoms with E-state index in [2.05, 4.69) is 11.7 Å². The molecule has 0 N–H and O–H groups in total. The van der Waals surface area contributed by atoms with Gasteiger partial charge in [-0.15, -0.1) is 13.2 Å². The summed E-state index contributed by atoms with van der Waals surface area (Å²) < 4.78 is 84.3. The quantitative estimate of drug-likeness (QED) is 0.395. The van der Waals surface area contributed by atoms with Crippen molar-refractivity contribution >= 4 is 10.8 Å². The minimum atomic E-state index is -5.28. The van der Waals surface area contributed by atoms with E-state index in [0.29, 0.717) is 17.5 Å². The zero-order chi connectivity index (χ0) is 23.8. The lowest BCUT2D eigenvalue weighted by molar-refractivity contribution is -0.276. The molecule has 0 aromatic heterocycles. The molecule has 2 aliphatic carbocycles. The van der Waals surface area contributed by atoms with Crippen molar-refractivity contribution in [2.24, 2.45) is 17.8 Å². The molecule has 2 aromatic rings. The molecule has 0 radical (unpaired) electrons. The monoisotopic (exact) mass is 472 g/mol. The number of hydrogen-bond acceptors (Lipinski definition) is 1. The van der Waals surface area contributed by atoms with E-state index in [1.54, 1.807) is 0 Å². The molecule has 2 aliphatic rings. The van der Waals surface area contributed by atoms with Crippen molar-refractivity contribution in [1.82, 2.24) is 0 Å². The van der Waals surface area contributed by atoms with E-state index in [4.69, 9.17) is 0 Å². The molecule has 0 unspecified atom stereocenters. The molecule has 2 fully saturated rings. The maximum Gasteiger partial charge on any atom is 0.573 e. The second-order valence-corrected chi connectivity index (χ2v) is 9.83. The molecule has 33 heavy (non-hydrogen) atoms. The number of fused-ring (bicyclic) bond motifs is 1. The molecule has 7 heteroatoms. The van der Waals surface area contributed by atoms with Gasteiger partial charge in [-0.3, -0.25) is 0 Å². The van der Waals surface area contributed by atoms with Crippen LogP contribution < -0.4 is 4.74 Å². The maximum absolute atomic E-state index is 14.8. The molecule has 182 valence electrons. The molecule has 0 amide bonds. The van der Waals surface area contributed by atoms with Crippen LogP contribution in [0.3, 0.4) is 0 Å². The zero-order valence-corrected chi connectivity index (χ0v) is 18.8. The van der Waals surface area contributed by atoms with Crippen LogP contribution in [0.5, 0.6) is 5.75 Å². The molecule has 0 saturated heterocycles. The highest BCUT2D eigenvalue weighted by molar-refractivity contribution is 5.86. The Balaban J connectivity index is 1.47. The standard InChI is InChI=1S/C26H30F6O/c1-2-3-15-4-6-16(7-5-15)17-8-10-18(11-9-17)19-12-20-14-22(28)25(33-26(30,31)32)24(29)23(20)21(27)13-19/h12-18H,2-11H2,1H3. The summed E-state index contributed by atoms with van der Waals surface area (Å²) in [6.45, 7) is 2.24. The van der Waals surface area contributed by atoms with E-state index in [1.165, 1.54) is 50.7 Å². The van der Waals surface area contributed by atoms with Gasteiger partial charge in [-0.2, -0.15) is 0 Å². The highest BCUT2D eigenvalue weighted by Gasteiger charge is 2.35. The van der Waals surface area contributed by atoms with Gasteiger partial charge in [0.2, 0.25) is 5.75 Å². The molecule has 0 spiro atoms. The minimum Gasteiger partial charge on any atom is -0.399 e. The Morgan fingerprint density at radius 2 is 1.42 bits per heavy atom. The fourth-order valence-corrected chi connectivity index (χ4v) is 6.14. The number of rotatable bonds is 5. The van der Waals surface area contributed by atoms with E-state index in [1.807, 2.05) is 0 Å². The van der Waals surface area contributed by atoms with Crippen molar-refractivity contribution in [2.45, 2.75) is 83.4 Å². The summed E-state index contributed by atoms with van der Waals surface area (Å²) in [7, 11) is 0. The van der Waals surface area contributed by atoms with Crippen molar-refractivity contribution in [2.75, 3.05) is 0 Å². The Labute approximate surface area is 190 Å². The van der Waals surface area contributed by atoms with E-state index in [0.717, 1.165) is 37.5 Å². The predicted octanol–water partition coefficient (Wildman–Crippen LogP) is 9.04. The first-order chi connectivity index (χ1) is 15.7. The first-order valence-electron chi connectivity index (χ1n) is 12.0. The first-order valence-corrected chi connectivity index (χ1v) is 12.0. The summed E-state index contributed by atoms with van der Waals surface area (Å²) in [4.78, 5) is 0. The van der Waals surface area contributed by atoms with E-state index >= 15 is 0 Å². The molecule has 1 nitrogen and oxygen atoms in total. The summed E-state index contributed by atoms with van der Waals surface area (Å²) in [5.41, 5.74) is 0.647. The SMILES string of the molecule is CCCC1CCC(C2CCC(c3cc(F)c4c(F)c(OC(F)(F)F)c(F)cc4c3)CC2)CC1. The van der Waals surface area contributed by atoms with Gasteiger partial charge in [0, 0.05) is 0 Å². The molecule has 0 bridgehead atoms. The minimum absolute atomic E-state index is 0.0776. The average Bonchev–Trinajstić information content (AvgIpc) is 2.76. The second-order valence-electron chi connectivity index (χ2n) is 9.83. The summed E-state index contributed by atoms with van der Waals surface area (Å²) in [6.07, 6.45) is 6.33. The van der Waals surface area contributed by atoms with Gasteiger partial charge >= 0.3 is 6.36 Å². The molecule has 2 aromatic carbocycles. The smallest absolute Gasteiger partial charge is 0.399 e. The third kappa shape index (κ3) is 5.43. The van der Waals surface area contributed by atoms with Crippen LogP contribution in [0.2, 0.25) is 0 Å². The Kier molecular flexibility index (Phi) is 7.15. The van der Waals surface area contributed by atoms with Crippen molar-refractivity contribution in [3.8, 4) is 5.75 Å². The zero-order valence-electron chi connectivity index (χ0n) is 18.8. The molecule has 0 heterocycles. The van der Waals surface area contributed by atoms with Gasteiger partial charge in [0.1, 0.15) is 5.82 Å². The normalized spacial score (nSPS) is 26.5. The molecular weight excluding hydrogens is 442 g/mol. The Morgan fingerprint density at radius 1 is 0.818 bits per heavy atom. The number of hydrogen-bond donors (Lipinski definition) is 0. The van der Waals surface area contributed by atoms with E-state index in [-0.39, 0.29) is 11.3 Å². The summed E-state index contributed by atoms with van der Waals surface area (Å²) in [5.74, 6) is -3.43. The van der Waals surface area contributed by atoms with Gasteiger partial charge in [-0.1, -0.05) is 38.7 Å². The van der Waals surface area contributed by atoms with Crippen LogP contribution in [-0.4, -0.2) is 6.36 Å². The average molecular weight is 473 g/mol. The Bertz CT molecular complexity index is 969. The van der Waals surface area contributed by atoms with Gasteiger partial charge in [0.15, 0.2) is 11.6 Å². The van der Waals surface area contributed by atoms with Crippen molar-refractivity contribution < 1.29 is 31.1 Å². The fourth-order valence-electron chi connectivity index (χ4n) is 6.14. The lowest BCUT2D eigenvalue weighted by Crippen LogP contribution is -2.25. The van der Waals surface area contributed by atoms with Crippen LogP contribution in [0.1, 0.15) is 82.6 Å². The lowest BCUT2D eigenvalue weighted by atomic mass is 9.68. The van der Waals surface area contributed by atoms with Gasteiger partial charge in [0.05, 0.1) is 5.39 Å². The summed E-state index contributed by atoms with van der Waals surface area (Å²) in [6, 6.07) is 3.40. The molecule has 4 rings (SSSR count). The van der Waals surface area contributed by atoms with Crippen molar-refractivity contribution in [3.63, 3.8) is 0 Å². The third-order valence-electron chi connectivity index (χ3n) is 7.78. The Hall–Kier alpha value is -1.92. The van der Waals surface area contributed by atoms with E-state index < -0.39 is 34.9 Å². The largest absolute Gasteiger partial charge is 0.573 e. The summed E-state index contributed by atoms with van der Waals surface area (Å²) >= 11 is 0. The van der Waals surface area contributed by atoms with Crippen LogP contribution in [0.4, 0.5) is 26.3 Å². The number of ether oxygens (including phenoxy) is 1. The molecular formula is C26H30F6O. The second kappa shape index (κ2) is 9.75.